The van der Waals surface area contributed by atoms with E-state index in [9.17, 15) is 0 Å². The highest BCUT2D eigenvalue weighted by atomic mass is 35.5. The van der Waals surface area contributed by atoms with E-state index in [-0.39, 0.29) is 24.8 Å². The van der Waals surface area contributed by atoms with Crippen molar-refractivity contribution in [2.75, 3.05) is 0 Å². The molecule has 0 saturated heterocycles. The second kappa shape index (κ2) is 5.67. The van der Waals surface area contributed by atoms with Gasteiger partial charge in [-0.15, -0.1) is 24.8 Å². The van der Waals surface area contributed by atoms with Crippen LogP contribution in [0.3, 0.4) is 0 Å². The Balaban J connectivity index is 0. The van der Waals surface area contributed by atoms with Crippen molar-refractivity contribution in [1.29, 1.82) is 0 Å². The van der Waals surface area contributed by atoms with Gasteiger partial charge in [0.1, 0.15) is 0 Å². The van der Waals surface area contributed by atoms with Crippen molar-refractivity contribution >= 4 is 24.8 Å². The van der Waals surface area contributed by atoms with Crippen molar-refractivity contribution in [3.05, 3.63) is 0 Å². The summed E-state index contributed by atoms with van der Waals surface area (Å²) < 4.78 is 0. The van der Waals surface area contributed by atoms with E-state index in [0.29, 0.717) is 6.04 Å². The molecule has 1 rings (SSSR count). The molecule has 0 atom stereocenters. The average molecular weight is 158 g/mol. The molecule has 1 saturated carbocycles. The molecular weight excluding hydrogens is 145 g/mol. The zero-order chi connectivity index (χ0) is 4.41. The fraction of sp³-hybridized carbons (Fsp3) is 1.00. The third-order valence-corrected chi connectivity index (χ3v) is 1.40. The van der Waals surface area contributed by atoms with E-state index in [1.807, 2.05) is 0 Å². The molecule has 3 heteroatoms. The van der Waals surface area contributed by atoms with Crippen LogP contribution in [0, 0.1) is 0 Å². The second-order valence-electron chi connectivity index (χ2n) is 2.04. The van der Waals surface area contributed by atoms with Crippen LogP contribution in [0.2, 0.25) is 0 Å². The van der Waals surface area contributed by atoms with Crippen molar-refractivity contribution in [1.82, 2.24) is 0 Å². The number of hydrogen-bond acceptors (Lipinski definition) is 1. The minimum atomic E-state index is 0. The van der Waals surface area contributed by atoms with E-state index in [4.69, 9.17) is 5.73 Å². The predicted octanol–water partition coefficient (Wildman–Crippen LogP) is 1.73. The summed E-state index contributed by atoms with van der Waals surface area (Å²) in [4.78, 5) is 0. The molecule has 2 N–H and O–H groups in total. The van der Waals surface area contributed by atoms with Crippen molar-refractivity contribution in [3.63, 3.8) is 0 Å². The Bertz CT molecular complexity index is 43.7. The normalized spacial score (nSPS) is 19.1. The number of halogens is 2. The summed E-state index contributed by atoms with van der Waals surface area (Å²) >= 11 is 0. The topological polar surface area (TPSA) is 26.0 Å². The highest BCUT2D eigenvalue weighted by Crippen LogP contribution is 2.14. The van der Waals surface area contributed by atoms with Gasteiger partial charge in [-0.2, -0.15) is 0 Å². The molecule has 0 spiro atoms. The van der Waals surface area contributed by atoms with Gasteiger partial charge in [0.05, 0.1) is 0 Å². The van der Waals surface area contributed by atoms with E-state index in [1.54, 1.807) is 0 Å². The molecule has 0 aliphatic heterocycles. The monoisotopic (exact) mass is 157 g/mol. The average Bonchev–Trinajstić information content (AvgIpc) is 1.86. The molecule has 8 heavy (non-hydrogen) atoms. The van der Waals surface area contributed by atoms with Gasteiger partial charge in [-0.05, 0) is 12.8 Å². The van der Waals surface area contributed by atoms with Gasteiger partial charge in [0.15, 0.2) is 0 Å². The molecular formula is C5H13Cl2N. The lowest BCUT2D eigenvalue weighted by Crippen LogP contribution is -2.13. The predicted molar refractivity (Wildman–Crippen MR) is 40.9 cm³/mol. The maximum absolute atomic E-state index is 5.53. The first kappa shape index (κ1) is 11.4. The first-order valence-electron chi connectivity index (χ1n) is 2.65. The van der Waals surface area contributed by atoms with Gasteiger partial charge in [0.25, 0.3) is 0 Å². The minimum absolute atomic E-state index is 0. The molecule has 0 aromatic carbocycles. The third-order valence-electron chi connectivity index (χ3n) is 1.40. The van der Waals surface area contributed by atoms with E-state index >= 15 is 0 Å². The molecule has 0 unspecified atom stereocenters. The standard InChI is InChI=1S/C5H11N.2ClH/c6-5-3-1-2-4-5;;/h5H,1-4,6H2;2*1H. The Morgan fingerprint density at radius 1 is 1.00 bits per heavy atom. The summed E-state index contributed by atoms with van der Waals surface area (Å²) in [5.41, 5.74) is 5.53. The van der Waals surface area contributed by atoms with Gasteiger partial charge in [-0.1, -0.05) is 12.8 Å². The van der Waals surface area contributed by atoms with Crippen LogP contribution in [0.5, 0.6) is 0 Å². The zero-order valence-electron chi connectivity index (χ0n) is 4.80. The van der Waals surface area contributed by atoms with Crippen LogP contribution < -0.4 is 5.73 Å². The third kappa shape index (κ3) is 3.53. The summed E-state index contributed by atoms with van der Waals surface area (Å²) in [6, 6.07) is 0.546. The Labute approximate surface area is 62.8 Å². The molecule has 0 amide bonds. The first-order chi connectivity index (χ1) is 2.89. The molecule has 0 bridgehead atoms. The molecule has 1 aliphatic rings. The summed E-state index contributed by atoms with van der Waals surface area (Å²) in [7, 11) is 0. The number of rotatable bonds is 0. The van der Waals surface area contributed by atoms with E-state index in [2.05, 4.69) is 0 Å². The van der Waals surface area contributed by atoms with Crippen LogP contribution in [0.25, 0.3) is 0 Å². The molecule has 1 fully saturated rings. The van der Waals surface area contributed by atoms with Crippen LogP contribution in [-0.4, -0.2) is 6.04 Å². The Morgan fingerprint density at radius 2 is 1.38 bits per heavy atom. The van der Waals surface area contributed by atoms with Gasteiger partial charge in [0.2, 0.25) is 0 Å². The molecule has 1 nitrogen and oxygen atoms in total. The first-order valence-corrected chi connectivity index (χ1v) is 2.65. The maximum atomic E-state index is 5.53. The van der Waals surface area contributed by atoms with Crippen LogP contribution in [0.1, 0.15) is 25.7 Å². The van der Waals surface area contributed by atoms with Crippen LogP contribution in [0.4, 0.5) is 0 Å². The lowest BCUT2D eigenvalue weighted by molar-refractivity contribution is 0.704. The van der Waals surface area contributed by atoms with E-state index in [0.717, 1.165) is 0 Å². The molecule has 1 aliphatic carbocycles. The van der Waals surface area contributed by atoms with Gasteiger partial charge in [-0.25, -0.2) is 0 Å². The van der Waals surface area contributed by atoms with Gasteiger partial charge in [0, 0.05) is 6.04 Å². The summed E-state index contributed by atoms with van der Waals surface area (Å²) in [5, 5.41) is 0. The molecule has 0 radical (unpaired) electrons. The number of hydrogen-bond donors (Lipinski definition) is 1. The molecule has 52 valence electrons. The Morgan fingerprint density at radius 3 is 1.50 bits per heavy atom. The maximum Gasteiger partial charge on any atom is 0.00388 e. The summed E-state index contributed by atoms with van der Waals surface area (Å²) in [5.74, 6) is 0. The van der Waals surface area contributed by atoms with Crippen molar-refractivity contribution in [2.45, 2.75) is 31.7 Å². The summed E-state index contributed by atoms with van der Waals surface area (Å²) in [6.45, 7) is 0. The minimum Gasteiger partial charge on any atom is -0.328 e. The largest absolute Gasteiger partial charge is 0.328 e. The molecule has 0 heterocycles. The second-order valence-corrected chi connectivity index (χ2v) is 2.04. The van der Waals surface area contributed by atoms with Crippen LogP contribution >= 0.6 is 24.8 Å². The lowest BCUT2D eigenvalue weighted by atomic mass is 10.3. The molecule has 0 aromatic heterocycles. The van der Waals surface area contributed by atoms with Crippen LogP contribution in [-0.2, 0) is 0 Å². The smallest absolute Gasteiger partial charge is 0.00388 e. The summed E-state index contributed by atoms with van der Waals surface area (Å²) in [6.07, 6.45) is 5.25. The van der Waals surface area contributed by atoms with E-state index in [1.165, 1.54) is 25.7 Å². The Kier molecular flexibility index (Phi) is 8.05. The fourth-order valence-corrected chi connectivity index (χ4v) is 0.957. The van der Waals surface area contributed by atoms with Crippen molar-refractivity contribution in [2.24, 2.45) is 5.73 Å². The van der Waals surface area contributed by atoms with Crippen molar-refractivity contribution < 1.29 is 0 Å². The van der Waals surface area contributed by atoms with Gasteiger partial charge >= 0.3 is 0 Å². The lowest BCUT2D eigenvalue weighted by Gasteiger charge is -1.92. The number of nitrogens with two attached hydrogens (primary N) is 1. The molecule has 0 aromatic rings. The van der Waals surface area contributed by atoms with Crippen LogP contribution in [0.15, 0.2) is 0 Å². The van der Waals surface area contributed by atoms with Gasteiger partial charge < -0.3 is 5.73 Å². The van der Waals surface area contributed by atoms with Gasteiger partial charge in [-0.3, -0.25) is 0 Å². The SMILES string of the molecule is Cl.Cl.NC1CCCC1. The van der Waals surface area contributed by atoms with E-state index < -0.39 is 0 Å². The Hall–Kier alpha value is 0.540. The fourth-order valence-electron chi connectivity index (χ4n) is 0.957. The van der Waals surface area contributed by atoms with Crippen molar-refractivity contribution in [3.8, 4) is 0 Å². The highest BCUT2D eigenvalue weighted by Gasteiger charge is 2.07. The zero-order valence-corrected chi connectivity index (χ0v) is 6.43. The highest BCUT2D eigenvalue weighted by molar-refractivity contribution is 5.85. The quantitative estimate of drug-likeness (QED) is 0.570.